The monoisotopic (exact) mass is 390 g/mol. The molecule has 6 heteroatoms. The Labute approximate surface area is 170 Å². The Morgan fingerprint density at radius 1 is 1.03 bits per heavy atom. The second kappa shape index (κ2) is 7.70. The summed E-state index contributed by atoms with van der Waals surface area (Å²) in [7, 11) is 0. The number of nitrogens with one attached hydrogen (secondary N) is 3. The first-order valence-electron chi connectivity index (χ1n) is 9.99. The summed E-state index contributed by atoms with van der Waals surface area (Å²) < 4.78 is 0. The maximum atomic E-state index is 12.9. The van der Waals surface area contributed by atoms with Crippen LogP contribution in [-0.2, 0) is 21.4 Å². The number of H-pyrrole nitrogens is 1. The smallest absolute Gasteiger partial charge is 0.230 e. The van der Waals surface area contributed by atoms with E-state index in [1.165, 1.54) is 5.39 Å². The first kappa shape index (κ1) is 19.2. The molecule has 150 valence electrons. The van der Waals surface area contributed by atoms with Gasteiger partial charge >= 0.3 is 0 Å². The Hall–Kier alpha value is -3.15. The minimum atomic E-state index is -0.626. The van der Waals surface area contributed by atoms with Crippen molar-refractivity contribution < 1.29 is 9.59 Å². The molecule has 2 amide bonds. The summed E-state index contributed by atoms with van der Waals surface area (Å²) in [5, 5.41) is 15.1. The first-order valence-corrected chi connectivity index (χ1v) is 9.99. The lowest BCUT2D eigenvalue weighted by Gasteiger charge is -2.38. The highest BCUT2D eigenvalue weighted by atomic mass is 16.2. The number of hydrogen-bond donors (Lipinski definition) is 3. The molecule has 3 N–H and O–H groups in total. The van der Waals surface area contributed by atoms with Crippen molar-refractivity contribution in [3.63, 3.8) is 0 Å². The molecule has 1 saturated carbocycles. The molecule has 3 aromatic rings. The van der Waals surface area contributed by atoms with E-state index in [2.05, 4.69) is 45.1 Å². The highest BCUT2D eigenvalue weighted by molar-refractivity contribution is 5.90. The predicted molar refractivity (Wildman–Crippen MR) is 112 cm³/mol. The van der Waals surface area contributed by atoms with E-state index in [4.69, 9.17) is 0 Å². The van der Waals surface area contributed by atoms with Crippen molar-refractivity contribution in [2.75, 3.05) is 0 Å². The molecule has 1 aliphatic rings. The summed E-state index contributed by atoms with van der Waals surface area (Å²) in [6, 6.07) is 16.3. The van der Waals surface area contributed by atoms with E-state index in [0.29, 0.717) is 6.42 Å². The molecule has 0 aliphatic heterocycles. The summed E-state index contributed by atoms with van der Waals surface area (Å²) in [6.07, 6.45) is 3.44. The number of aromatic amines is 1. The van der Waals surface area contributed by atoms with Crippen LogP contribution in [0, 0.1) is 0 Å². The fourth-order valence-corrected chi connectivity index (χ4v) is 3.76. The fraction of sp³-hybridized carbons (Fsp3) is 0.348. The van der Waals surface area contributed by atoms with E-state index < -0.39 is 5.41 Å². The Balaban J connectivity index is 1.30. The van der Waals surface area contributed by atoms with Gasteiger partial charge in [0.05, 0.1) is 11.8 Å². The SMILES string of the molecule is CC(C)(C(=O)NC1CC(NC(=O)Cc2ccn[nH]2)C1)c1ccc2ccccc2c1. The standard InChI is InChI=1S/C23H26N4O2/c1-23(2,17-8-7-15-5-3-4-6-16(15)11-17)22(29)26-20-12-19(13-20)25-21(28)14-18-9-10-24-27-18/h3-11,19-20H,12-14H2,1-2H3,(H,24,27)(H,25,28)(H,26,29). The molecule has 4 rings (SSSR count). The van der Waals surface area contributed by atoms with Gasteiger partial charge in [0.25, 0.3) is 0 Å². The van der Waals surface area contributed by atoms with Crippen molar-refractivity contribution in [3.8, 4) is 0 Å². The van der Waals surface area contributed by atoms with Crippen LogP contribution in [0.2, 0.25) is 0 Å². The number of rotatable bonds is 6. The zero-order valence-corrected chi connectivity index (χ0v) is 16.7. The van der Waals surface area contributed by atoms with Crippen LogP contribution in [0.15, 0.2) is 54.7 Å². The molecular weight excluding hydrogens is 364 g/mol. The van der Waals surface area contributed by atoms with Crippen LogP contribution in [0.3, 0.4) is 0 Å². The molecule has 1 aromatic heterocycles. The Morgan fingerprint density at radius 2 is 1.76 bits per heavy atom. The lowest BCUT2D eigenvalue weighted by Crippen LogP contribution is -2.56. The van der Waals surface area contributed by atoms with E-state index in [9.17, 15) is 9.59 Å². The van der Waals surface area contributed by atoms with Crippen LogP contribution < -0.4 is 10.6 Å². The number of carbonyl (C=O) groups excluding carboxylic acids is 2. The van der Waals surface area contributed by atoms with Gasteiger partial charge < -0.3 is 10.6 Å². The van der Waals surface area contributed by atoms with Crippen molar-refractivity contribution >= 4 is 22.6 Å². The highest BCUT2D eigenvalue weighted by Crippen LogP contribution is 2.29. The van der Waals surface area contributed by atoms with Crippen molar-refractivity contribution in [3.05, 3.63) is 66.0 Å². The van der Waals surface area contributed by atoms with Crippen LogP contribution in [0.4, 0.5) is 0 Å². The van der Waals surface area contributed by atoms with E-state index in [0.717, 1.165) is 29.5 Å². The molecule has 0 bridgehead atoms. The molecular formula is C23H26N4O2. The number of amides is 2. The summed E-state index contributed by atoms with van der Waals surface area (Å²) >= 11 is 0. The Kier molecular flexibility index (Phi) is 5.09. The summed E-state index contributed by atoms with van der Waals surface area (Å²) in [6.45, 7) is 3.91. The van der Waals surface area contributed by atoms with Gasteiger partial charge in [-0.1, -0.05) is 42.5 Å². The van der Waals surface area contributed by atoms with Crippen LogP contribution in [-0.4, -0.2) is 34.1 Å². The first-order chi connectivity index (χ1) is 13.9. The zero-order chi connectivity index (χ0) is 20.4. The molecule has 1 fully saturated rings. The van der Waals surface area contributed by atoms with Gasteiger partial charge in [0, 0.05) is 24.0 Å². The summed E-state index contributed by atoms with van der Waals surface area (Å²) in [5.41, 5.74) is 1.17. The molecule has 2 aromatic carbocycles. The number of fused-ring (bicyclic) bond motifs is 1. The highest BCUT2D eigenvalue weighted by Gasteiger charge is 2.36. The maximum absolute atomic E-state index is 12.9. The largest absolute Gasteiger partial charge is 0.353 e. The molecule has 29 heavy (non-hydrogen) atoms. The summed E-state index contributed by atoms with van der Waals surface area (Å²) in [5.74, 6) is -0.0134. The minimum absolute atomic E-state index is 0.0139. The number of benzene rings is 2. The molecule has 1 aliphatic carbocycles. The maximum Gasteiger partial charge on any atom is 0.230 e. The van der Waals surface area contributed by atoms with Crippen LogP contribution in [0.25, 0.3) is 10.8 Å². The van der Waals surface area contributed by atoms with E-state index in [-0.39, 0.29) is 23.9 Å². The third-order valence-electron chi connectivity index (χ3n) is 5.79. The van der Waals surface area contributed by atoms with Crippen LogP contribution >= 0.6 is 0 Å². The Bertz CT molecular complexity index is 1020. The molecule has 0 saturated heterocycles. The topological polar surface area (TPSA) is 86.9 Å². The molecule has 0 spiro atoms. The average Bonchev–Trinajstić information content (AvgIpc) is 3.18. The van der Waals surface area contributed by atoms with Gasteiger partial charge in [-0.3, -0.25) is 14.7 Å². The molecule has 0 radical (unpaired) electrons. The van der Waals surface area contributed by atoms with Gasteiger partial charge in [0.15, 0.2) is 0 Å². The predicted octanol–water partition coefficient (Wildman–Crippen LogP) is 2.85. The average molecular weight is 390 g/mol. The zero-order valence-electron chi connectivity index (χ0n) is 16.7. The second-order valence-electron chi connectivity index (χ2n) is 8.35. The molecule has 0 unspecified atom stereocenters. The van der Waals surface area contributed by atoms with Gasteiger partial charge in [-0.25, -0.2) is 0 Å². The number of aromatic nitrogens is 2. The van der Waals surface area contributed by atoms with Crippen molar-refractivity contribution in [1.29, 1.82) is 0 Å². The third kappa shape index (κ3) is 4.16. The fourth-order valence-electron chi connectivity index (χ4n) is 3.76. The van der Waals surface area contributed by atoms with Gasteiger partial charge in [0.2, 0.25) is 11.8 Å². The quantitative estimate of drug-likeness (QED) is 0.605. The van der Waals surface area contributed by atoms with E-state index in [1.807, 2.05) is 32.0 Å². The van der Waals surface area contributed by atoms with Crippen LogP contribution in [0.1, 0.15) is 37.9 Å². The third-order valence-corrected chi connectivity index (χ3v) is 5.79. The van der Waals surface area contributed by atoms with Gasteiger partial charge in [-0.15, -0.1) is 0 Å². The van der Waals surface area contributed by atoms with Gasteiger partial charge in [-0.05, 0) is 49.1 Å². The number of carbonyl (C=O) groups is 2. The second-order valence-corrected chi connectivity index (χ2v) is 8.35. The van der Waals surface area contributed by atoms with E-state index in [1.54, 1.807) is 12.3 Å². The molecule has 6 nitrogen and oxygen atoms in total. The van der Waals surface area contributed by atoms with Gasteiger partial charge in [0.1, 0.15) is 0 Å². The van der Waals surface area contributed by atoms with Crippen molar-refractivity contribution in [2.24, 2.45) is 0 Å². The number of hydrogen-bond acceptors (Lipinski definition) is 3. The van der Waals surface area contributed by atoms with Gasteiger partial charge in [-0.2, -0.15) is 5.10 Å². The molecule has 1 heterocycles. The van der Waals surface area contributed by atoms with Crippen molar-refractivity contribution in [2.45, 2.75) is 50.6 Å². The Morgan fingerprint density at radius 3 is 2.48 bits per heavy atom. The van der Waals surface area contributed by atoms with Crippen molar-refractivity contribution in [1.82, 2.24) is 20.8 Å². The lowest BCUT2D eigenvalue weighted by atomic mass is 9.80. The minimum Gasteiger partial charge on any atom is -0.353 e. The lowest BCUT2D eigenvalue weighted by molar-refractivity contribution is -0.127. The summed E-state index contributed by atoms with van der Waals surface area (Å²) in [4.78, 5) is 25.0. The number of nitrogens with zero attached hydrogens (tertiary/aromatic N) is 1. The van der Waals surface area contributed by atoms with Crippen LogP contribution in [0.5, 0.6) is 0 Å². The normalized spacial score (nSPS) is 18.8. The molecule has 0 atom stereocenters. The van der Waals surface area contributed by atoms with E-state index >= 15 is 0 Å².